The highest BCUT2D eigenvalue weighted by Gasteiger charge is 2.10. The van der Waals surface area contributed by atoms with E-state index in [-0.39, 0.29) is 13.2 Å². The van der Waals surface area contributed by atoms with Gasteiger partial charge in [0.15, 0.2) is 0 Å². The van der Waals surface area contributed by atoms with Gasteiger partial charge in [-0.25, -0.2) is 4.79 Å². The zero-order chi connectivity index (χ0) is 21.6. The van der Waals surface area contributed by atoms with E-state index in [9.17, 15) is 9.90 Å². The van der Waals surface area contributed by atoms with Gasteiger partial charge in [-0.2, -0.15) is 0 Å². The van der Waals surface area contributed by atoms with Gasteiger partial charge in [0.25, 0.3) is 0 Å². The van der Waals surface area contributed by atoms with Crippen molar-refractivity contribution in [3.05, 3.63) is 54.1 Å². The summed E-state index contributed by atoms with van der Waals surface area (Å²) in [7, 11) is 0. The molecule has 0 aliphatic heterocycles. The Kier molecular flexibility index (Phi) is 10.8. The molecule has 0 saturated heterocycles. The van der Waals surface area contributed by atoms with Crippen molar-refractivity contribution in [1.82, 2.24) is 0 Å². The molecule has 6 heteroatoms. The highest BCUT2D eigenvalue weighted by atomic mass is 16.5. The van der Waals surface area contributed by atoms with E-state index < -0.39 is 12.1 Å². The molecule has 0 aromatic heterocycles. The maximum Gasteiger partial charge on any atom is 0.343 e. The molecule has 0 saturated carbocycles. The van der Waals surface area contributed by atoms with Crippen LogP contribution in [0.5, 0.6) is 17.2 Å². The molecule has 0 bridgehead atoms. The summed E-state index contributed by atoms with van der Waals surface area (Å²) in [6, 6.07) is 13.4. The van der Waals surface area contributed by atoms with Crippen molar-refractivity contribution in [2.24, 2.45) is 0 Å². The van der Waals surface area contributed by atoms with Crippen LogP contribution in [-0.4, -0.2) is 42.1 Å². The van der Waals surface area contributed by atoms with Gasteiger partial charge < -0.3 is 24.4 Å². The molecule has 164 valence electrons. The van der Waals surface area contributed by atoms with Gasteiger partial charge in [0.05, 0.1) is 18.8 Å². The number of hydrogen-bond acceptors (Lipinski definition) is 6. The molecule has 0 amide bonds. The van der Waals surface area contributed by atoms with Crippen LogP contribution >= 0.6 is 0 Å². The van der Waals surface area contributed by atoms with E-state index in [1.807, 2.05) is 0 Å². The van der Waals surface area contributed by atoms with Gasteiger partial charge >= 0.3 is 5.97 Å². The van der Waals surface area contributed by atoms with Crippen molar-refractivity contribution in [3.63, 3.8) is 0 Å². The number of benzene rings is 2. The Hall–Kier alpha value is -2.57. The van der Waals surface area contributed by atoms with Crippen molar-refractivity contribution in [1.29, 1.82) is 0 Å². The maximum atomic E-state index is 12.3. The van der Waals surface area contributed by atoms with Gasteiger partial charge in [0.1, 0.15) is 30.0 Å². The molecule has 0 heterocycles. The normalized spacial score (nSPS) is 11.7. The molecule has 2 aromatic rings. The van der Waals surface area contributed by atoms with Crippen LogP contribution in [0, 0.1) is 0 Å². The number of hydrogen-bond donors (Lipinski definition) is 2. The van der Waals surface area contributed by atoms with Crippen LogP contribution in [0.4, 0.5) is 0 Å². The monoisotopic (exact) mass is 416 g/mol. The van der Waals surface area contributed by atoms with E-state index in [1.165, 1.54) is 32.1 Å². The third kappa shape index (κ3) is 8.84. The third-order valence-electron chi connectivity index (χ3n) is 4.54. The predicted octanol–water partition coefficient (Wildman–Crippen LogP) is 4.38. The fraction of sp³-hybridized carbons (Fsp3) is 0.458. The predicted molar refractivity (Wildman–Crippen MR) is 115 cm³/mol. The van der Waals surface area contributed by atoms with Crippen molar-refractivity contribution in [2.75, 3.05) is 19.8 Å². The lowest BCUT2D eigenvalue weighted by atomic mass is 10.1. The lowest BCUT2D eigenvalue weighted by Gasteiger charge is -2.10. The average Bonchev–Trinajstić information content (AvgIpc) is 2.78. The van der Waals surface area contributed by atoms with E-state index in [4.69, 9.17) is 19.3 Å². The molecule has 0 aliphatic carbocycles. The molecule has 2 N–H and O–H groups in total. The van der Waals surface area contributed by atoms with Crippen molar-refractivity contribution >= 4 is 5.97 Å². The van der Waals surface area contributed by atoms with E-state index in [2.05, 4.69) is 6.92 Å². The van der Waals surface area contributed by atoms with Gasteiger partial charge in [-0.15, -0.1) is 0 Å². The summed E-state index contributed by atoms with van der Waals surface area (Å²) in [6.45, 7) is 2.51. The summed E-state index contributed by atoms with van der Waals surface area (Å²) in [5.41, 5.74) is 0.383. The Morgan fingerprint density at radius 3 is 2.07 bits per heavy atom. The molecule has 0 aliphatic rings. The number of rotatable bonds is 14. The summed E-state index contributed by atoms with van der Waals surface area (Å²) in [5, 5.41) is 18.1. The van der Waals surface area contributed by atoms with Crippen LogP contribution in [0.2, 0.25) is 0 Å². The molecule has 0 fully saturated rings. The molecule has 1 unspecified atom stereocenters. The summed E-state index contributed by atoms with van der Waals surface area (Å²) in [4.78, 5) is 12.3. The number of aliphatic hydroxyl groups is 2. The largest absolute Gasteiger partial charge is 0.494 e. The second-order valence-electron chi connectivity index (χ2n) is 7.15. The first-order chi connectivity index (χ1) is 14.6. The van der Waals surface area contributed by atoms with Crippen LogP contribution in [-0.2, 0) is 0 Å². The molecule has 2 rings (SSSR count). The van der Waals surface area contributed by atoms with Crippen molar-refractivity contribution < 1.29 is 29.2 Å². The quantitative estimate of drug-likeness (QED) is 0.270. The van der Waals surface area contributed by atoms with Gasteiger partial charge in [0, 0.05) is 0 Å². The van der Waals surface area contributed by atoms with Crippen LogP contribution in [0.3, 0.4) is 0 Å². The van der Waals surface area contributed by atoms with E-state index in [0.29, 0.717) is 23.7 Å². The number of carbonyl (C=O) groups excluding carboxylic acids is 1. The Labute approximate surface area is 178 Å². The van der Waals surface area contributed by atoms with Gasteiger partial charge in [-0.3, -0.25) is 0 Å². The van der Waals surface area contributed by atoms with E-state index >= 15 is 0 Å². The van der Waals surface area contributed by atoms with E-state index in [1.54, 1.807) is 48.5 Å². The summed E-state index contributed by atoms with van der Waals surface area (Å²) in [6.07, 6.45) is 6.38. The summed E-state index contributed by atoms with van der Waals surface area (Å²) in [5.74, 6) is 1.22. The second kappa shape index (κ2) is 13.6. The number of aliphatic hydroxyl groups excluding tert-OH is 2. The molecular formula is C24H32O6. The summed E-state index contributed by atoms with van der Waals surface area (Å²) < 4.78 is 16.4. The van der Waals surface area contributed by atoms with Crippen LogP contribution in [0.1, 0.15) is 55.8 Å². The number of carbonyl (C=O) groups is 1. The minimum atomic E-state index is -0.938. The van der Waals surface area contributed by atoms with Gasteiger partial charge in [-0.05, 0) is 55.0 Å². The standard InChI is InChI=1S/C24H32O6/c1-2-3-4-5-6-7-16-28-21-12-14-23(15-13-21)30-24(27)19-8-10-22(11-9-19)29-18-20(26)17-25/h8-15,20,25-26H,2-7,16-18H2,1H3. The average molecular weight is 417 g/mol. The first-order valence-corrected chi connectivity index (χ1v) is 10.6. The van der Waals surface area contributed by atoms with Gasteiger partial charge in [0.2, 0.25) is 0 Å². The molecule has 0 radical (unpaired) electrons. The summed E-state index contributed by atoms with van der Waals surface area (Å²) >= 11 is 0. The zero-order valence-corrected chi connectivity index (χ0v) is 17.6. The molecule has 2 aromatic carbocycles. The number of esters is 1. The fourth-order valence-electron chi connectivity index (χ4n) is 2.77. The Morgan fingerprint density at radius 2 is 1.40 bits per heavy atom. The number of unbranched alkanes of at least 4 members (excludes halogenated alkanes) is 5. The molecular weight excluding hydrogens is 384 g/mol. The molecule has 6 nitrogen and oxygen atoms in total. The zero-order valence-electron chi connectivity index (χ0n) is 17.6. The Balaban J connectivity index is 1.73. The Bertz CT molecular complexity index is 726. The molecule has 30 heavy (non-hydrogen) atoms. The van der Waals surface area contributed by atoms with Crippen LogP contribution < -0.4 is 14.2 Å². The minimum absolute atomic E-state index is 0.0203. The van der Waals surface area contributed by atoms with E-state index in [0.717, 1.165) is 12.2 Å². The maximum absolute atomic E-state index is 12.3. The molecule has 0 spiro atoms. The van der Waals surface area contributed by atoms with Crippen molar-refractivity contribution in [2.45, 2.75) is 51.6 Å². The lowest BCUT2D eigenvalue weighted by molar-refractivity contribution is 0.0536. The highest BCUT2D eigenvalue weighted by Crippen LogP contribution is 2.20. The SMILES string of the molecule is CCCCCCCCOc1ccc(OC(=O)c2ccc(OCC(O)CO)cc2)cc1. The second-order valence-corrected chi connectivity index (χ2v) is 7.15. The van der Waals surface area contributed by atoms with Crippen molar-refractivity contribution in [3.8, 4) is 17.2 Å². The third-order valence-corrected chi connectivity index (χ3v) is 4.54. The smallest absolute Gasteiger partial charge is 0.343 e. The van der Waals surface area contributed by atoms with Crippen LogP contribution in [0.15, 0.2) is 48.5 Å². The molecule has 1 atom stereocenters. The highest BCUT2D eigenvalue weighted by molar-refractivity contribution is 5.91. The lowest BCUT2D eigenvalue weighted by Crippen LogP contribution is -2.21. The van der Waals surface area contributed by atoms with Crippen LogP contribution in [0.25, 0.3) is 0 Å². The van der Waals surface area contributed by atoms with Gasteiger partial charge in [-0.1, -0.05) is 39.0 Å². The minimum Gasteiger partial charge on any atom is -0.494 e. The first kappa shape index (κ1) is 23.7. The fourth-order valence-corrected chi connectivity index (χ4v) is 2.77. The topological polar surface area (TPSA) is 85.2 Å². The first-order valence-electron chi connectivity index (χ1n) is 10.6. The number of ether oxygens (including phenoxy) is 3. The Morgan fingerprint density at radius 1 is 0.833 bits per heavy atom.